The summed E-state index contributed by atoms with van der Waals surface area (Å²) >= 11 is 5.43. The predicted octanol–water partition coefficient (Wildman–Crippen LogP) is 4.12. The highest BCUT2D eigenvalue weighted by Crippen LogP contribution is 2.32. The fraction of sp³-hybridized carbons (Fsp3) is 0.316. The van der Waals surface area contributed by atoms with Crippen molar-refractivity contribution in [1.29, 1.82) is 0 Å². The van der Waals surface area contributed by atoms with Crippen LogP contribution in [0.2, 0.25) is 0 Å². The van der Waals surface area contributed by atoms with Crippen LogP contribution >= 0.6 is 12.2 Å². The van der Waals surface area contributed by atoms with Crippen molar-refractivity contribution < 1.29 is 9.47 Å². The van der Waals surface area contributed by atoms with Crippen molar-refractivity contribution in [3.05, 3.63) is 53.1 Å². The molecule has 3 rings (SSSR count). The van der Waals surface area contributed by atoms with Crippen LogP contribution in [0.3, 0.4) is 0 Å². The molecular weight excluding hydrogens is 320 g/mol. The quantitative estimate of drug-likeness (QED) is 0.821. The molecule has 0 saturated carbocycles. The van der Waals surface area contributed by atoms with Gasteiger partial charge < -0.3 is 20.1 Å². The Balaban J connectivity index is 1.64. The zero-order chi connectivity index (χ0) is 17.1. The first-order valence-electron chi connectivity index (χ1n) is 8.07. The molecule has 0 unspecified atom stereocenters. The average Bonchev–Trinajstić information content (AvgIpc) is 2.57. The molecule has 2 N–H and O–H groups in total. The maximum absolute atomic E-state index is 5.64. The number of fused-ring (bicyclic) bond motifs is 1. The van der Waals surface area contributed by atoms with Gasteiger partial charge in [-0.2, -0.15) is 0 Å². The van der Waals surface area contributed by atoms with Gasteiger partial charge in [-0.25, -0.2) is 0 Å². The van der Waals surface area contributed by atoms with Gasteiger partial charge in [-0.1, -0.05) is 12.1 Å². The first-order valence-corrected chi connectivity index (χ1v) is 8.48. The molecule has 126 valence electrons. The lowest BCUT2D eigenvalue weighted by Crippen LogP contribution is -2.31. The third-order valence-electron chi connectivity index (χ3n) is 4.18. The molecule has 0 aliphatic carbocycles. The number of thiocarbonyl (C=S) groups is 1. The highest BCUT2D eigenvalue weighted by atomic mass is 32.1. The second-order valence-corrected chi connectivity index (χ2v) is 6.43. The molecule has 1 aliphatic heterocycles. The molecule has 24 heavy (non-hydrogen) atoms. The Morgan fingerprint density at radius 1 is 1.00 bits per heavy atom. The van der Waals surface area contributed by atoms with Gasteiger partial charge in [0.2, 0.25) is 0 Å². The topological polar surface area (TPSA) is 42.5 Å². The van der Waals surface area contributed by atoms with Gasteiger partial charge in [0.1, 0.15) is 13.2 Å². The first-order chi connectivity index (χ1) is 11.5. The monoisotopic (exact) mass is 342 g/mol. The molecule has 0 spiro atoms. The van der Waals surface area contributed by atoms with Gasteiger partial charge in [-0.3, -0.25) is 0 Å². The van der Waals surface area contributed by atoms with Crippen LogP contribution in [0.5, 0.6) is 11.5 Å². The predicted molar refractivity (Wildman–Crippen MR) is 101 cm³/mol. The molecule has 0 bridgehead atoms. The summed E-state index contributed by atoms with van der Waals surface area (Å²) in [5, 5.41) is 7.14. The Hall–Kier alpha value is -2.27. The lowest BCUT2D eigenvalue weighted by atomic mass is 10.1. The largest absolute Gasteiger partial charge is 0.486 e. The van der Waals surface area contributed by atoms with Crippen molar-refractivity contribution in [1.82, 2.24) is 5.32 Å². The Labute approximate surface area is 148 Å². The molecule has 0 radical (unpaired) electrons. The van der Waals surface area contributed by atoms with Gasteiger partial charge in [-0.05, 0) is 73.9 Å². The number of benzene rings is 2. The standard InChI is InChI=1S/C19H22N2O2S/c1-12-4-6-16(10-13(12)2)21-19(24)20-14(3)15-5-7-17-18(11-15)23-9-8-22-17/h4-7,10-11,14H,8-9H2,1-3H3,(H2,20,21,24)/t14-/m0/s1. The highest BCUT2D eigenvalue weighted by molar-refractivity contribution is 7.80. The van der Waals surface area contributed by atoms with Gasteiger partial charge >= 0.3 is 0 Å². The van der Waals surface area contributed by atoms with Crippen LogP contribution in [0.25, 0.3) is 0 Å². The second kappa shape index (κ2) is 7.09. The van der Waals surface area contributed by atoms with E-state index in [4.69, 9.17) is 21.7 Å². The zero-order valence-corrected chi connectivity index (χ0v) is 15.0. The Morgan fingerprint density at radius 2 is 1.75 bits per heavy atom. The summed E-state index contributed by atoms with van der Waals surface area (Å²) in [4.78, 5) is 0. The smallest absolute Gasteiger partial charge is 0.171 e. The van der Waals surface area contributed by atoms with Crippen LogP contribution < -0.4 is 20.1 Å². The minimum absolute atomic E-state index is 0.0624. The number of nitrogens with one attached hydrogen (secondary N) is 2. The van der Waals surface area contributed by atoms with Crippen LogP contribution in [0.1, 0.15) is 29.7 Å². The van der Waals surface area contributed by atoms with E-state index >= 15 is 0 Å². The normalized spacial score (nSPS) is 14.0. The van der Waals surface area contributed by atoms with Gasteiger partial charge in [0.05, 0.1) is 6.04 Å². The average molecular weight is 342 g/mol. The van der Waals surface area contributed by atoms with E-state index in [-0.39, 0.29) is 6.04 Å². The molecule has 1 atom stereocenters. The minimum atomic E-state index is 0.0624. The van der Waals surface area contributed by atoms with Crippen molar-refractivity contribution in [2.45, 2.75) is 26.8 Å². The molecule has 0 fully saturated rings. The summed E-state index contributed by atoms with van der Waals surface area (Å²) in [5.41, 5.74) is 4.60. The van der Waals surface area contributed by atoms with E-state index in [2.05, 4.69) is 43.5 Å². The summed E-state index contributed by atoms with van der Waals surface area (Å²) in [7, 11) is 0. The molecule has 1 aliphatic rings. The number of ether oxygens (including phenoxy) is 2. The lowest BCUT2D eigenvalue weighted by molar-refractivity contribution is 0.171. The molecule has 2 aromatic rings. The molecule has 0 saturated heterocycles. The number of hydrogen-bond acceptors (Lipinski definition) is 3. The van der Waals surface area contributed by atoms with Gasteiger partial charge in [0, 0.05) is 5.69 Å². The van der Waals surface area contributed by atoms with E-state index in [9.17, 15) is 0 Å². The van der Waals surface area contributed by atoms with E-state index < -0.39 is 0 Å². The highest BCUT2D eigenvalue weighted by Gasteiger charge is 2.15. The van der Waals surface area contributed by atoms with E-state index in [1.165, 1.54) is 11.1 Å². The second-order valence-electron chi connectivity index (χ2n) is 6.02. The van der Waals surface area contributed by atoms with Crippen molar-refractivity contribution >= 4 is 23.0 Å². The Bertz CT molecular complexity index is 761. The molecule has 4 nitrogen and oxygen atoms in total. The zero-order valence-electron chi connectivity index (χ0n) is 14.2. The van der Waals surface area contributed by atoms with Crippen LogP contribution in [-0.2, 0) is 0 Å². The molecule has 2 aromatic carbocycles. The van der Waals surface area contributed by atoms with Crippen molar-refractivity contribution in [2.24, 2.45) is 0 Å². The Kier molecular flexibility index (Phi) is 4.90. The third-order valence-corrected chi connectivity index (χ3v) is 4.40. The van der Waals surface area contributed by atoms with Crippen LogP contribution in [0.15, 0.2) is 36.4 Å². The fourth-order valence-corrected chi connectivity index (χ4v) is 2.89. The third kappa shape index (κ3) is 3.79. The van der Waals surface area contributed by atoms with E-state index in [1.54, 1.807) is 0 Å². The number of anilines is 1. The van der Waals surface area contributed by atoms with E-state index in [0.717, 1.165) is 22.7 Å². The Morgan fingerprint density at radius 3 is 2.50 bits per heavy atom. The maximum Gasteiger partial charge on any atom is 0.171 e. The lowest BCUT2D eigenvalue weighted by Gasteiger charge is -2.22. The van der Waals surface area contributed by atoms with Gasteiger partial charge in [-0.15, -0.1) is 0 Å². The van der Waals surface area contributed by atoms with Gasteiger partial charge in [0.25, 0.3) is 0 Å². The summed E-state index contributed by atoms with van der Waals surface area (Å²) in [6.45, 7) is 7.45. The molecule has 1 heterocycles. The van der Waals surface area contributed by atoms with Crippen molar-refractivity contribution in [3.63, 3.8) is 0 Å². The van der Waals surface area contributed by atoms with Crippen LogP contribution in [-0.4, -0.2) is 18.3 Å². The van der Waals surface area contributed by atoms with Crippen molar-refractivity contribution in [2.75, 3.05) is 18.5 Å². The fourth-order valence-electron chi connectivity index (χ4n) is 2.60. The van der Waals surface area contributed by atoms with Crippen LogP contribution in [0.4, 0.5) is 5.69 Å². The summed E-state index contributed by atoms with van der Waals surface area (Å²) in [5.74, 6) is 1.59. The first kappa shape index (κ1) is 16.6. The molecule has 5 heteroatoms. The molecular formula is C19H22N2O2S. The van der Waals surface area contributed by atoms with Crippen molar-refractivity contribution in [3.8, 4) is 11.5 Å². The maximum atomic E-state index is 5.64. The minimum Gasteiger partial charge on any atom is -0.486 e. The number of aryl methyl sites for hydroxylation is 2. The molecule has 0 amide bonds. The summed E-state index contributed by atoms with van der Waals surface area (Å²) < 4.78 is 11.2. The number of rotatable bonds is 3. The summed E-state index contributed by atoms with van der Waals surface area (Å²) in [6.07, 6.45) is 0. The summed E-state index contributed by atoms with van der Waals surface area (Å²) in [6, 6.07) is 12.3. The number of hydrogen-bond donors (Lipinski definition) is 2. The SMILES string of the molecule is Cc1ccc(NC(=S)N[C@@H](C)c2ccc3c(c2)OCCO3)cc1C. The molecule has 0 aromatic heterocycles. The van der Waals surface area contributed by atoms with E-state index in [1.807, 2.05) is 24.3 Å². The van der Waals surface area contributed by atoms with Gasteiger partial charge in [0.15, 0.2) is 16.6 Å². The van der Waals surface area contributed by atoms with Crippen LogP contribution in [0, 0.1) is 13.8 Å². The van der Waals surface area contributed by atoms with E-state index in [0.29, 0.717) is 18.3 Å².